The smallest absolute Gasteiger partial charge is 0.129 e. The van der Waals surface area contributed by atoms with E-state index < -0.39 is 0 Å². The van der Waals surface area contributed by atoms with E-state index in [1.807, 2.05) is 17.8 Å². The highest BCUT2D eigenvalue weighted by Gasteiger charge is 1.96. The van der Waals surface area contributed by atoms with E-state index in [0.717, 1.165) is 36.7 Å². The van der Waals surface area contributed by atoms with Gasteiger partial charge in [-0.25, -0.2) is 9.97 Å². The highest BCUT2D eigenvalue weighted by Crippen LogP contribution is 2.05. The van der Waals surface area contributed by atoms with Crippen LogP contribution in [0.15, 0.2) is 12.4 Å². The average molecular weight is 211 g/mol. The van der Waals surface area contributed by atoms with E-state index in [1.54, 1.807) is 6.33 Å². The zero-order valence-corrected chi connectivity index (χ0v) is 9.60. The van der Waals surface area contributed by atoms with Gasteiger partial charge in [0.05, 0.1) is 0 Å². The molecule has 78 valence electrons. The van der Waals surface area contributed by atoms with Crippen molar-refractivity contribution in [1.82, 2.24) is 9.97 Å². The topological polar surface area (TPSA) is 37.8 Å². The fourth-order valence-electron chi connectivity index (χ4n) is 1.17. The Labute approximate surface area is 89.7 Å². The third-order valence-corrected chi connectivity index (χ3v) is 2.45. The van der Waals surface area contributed by atoms with Crippen molar-refractivity contribution in [3.8, 4) is 0 Å². The first-order chi connectivity index (χ1) is 6.86. The number of anilines is 1. The molecule has 1 aromatic heterocycles. The van der Waals surface area contributed by atoms with E-state index in [2.05, 4.69) is 28.5 Å². The molecule has 0 radical (unpaired) electrons. The summed E-state index contributed by atoms with van der Waals surface area (Å²) in [5.74, 6) is 2.05. The average Bonchev–Trinajstić information content (AvgIpc) is 2.19. The van der Waals surface area contributed by atoms with Crippen LogP contribution >= 0.6 is 11.8 Å². The normalized spacial score (nSPS) is 10.1. The number of hydrogen-bond acceptors (Lipinski definition) is 4. The zero-order chi connectivity index (χ0) is 10.2. The number of aryl methyl sites for hydroxylation is 1. The molecule has 0 saturated carbocycles. The van der Waals surface area contributed by atoms with Gasteiger partial charge in [-0.1, -0.05) is 13.3 Å². The van der Waals surface area contributed by atoms with Crippen LogP contribution in [0.4, 0.5) is 5.82 Å². The van der Waals surface area contributed by atoms with Crippen molar-refractivity contribution < 1.29 is 0 Å². The van der Waals surface area contributed by atoms with Crippen LogP contribution in [0.3, 0.4) is 0 Å². The van der Waals surface area contributed by atoms with Gasteiger partial charge in [-0.15, -0.1) is 0 Å². The molecule has 0 atom stereocenters. The molecule has 0 bridgehead atoms. The molecule has 1 aromatic rings. The second kappa shape index (κ2) is 6.65. The van der Waals surface area contributed by atoms with Gasteiger partial charge in [0.15, 0.2) is 0 Å². The molecule has 4 heteroatoms. The molecule has 0 aromatic carbocycles. The summed E-state index contributed by atoms with van der Waals surface area (Å²) in [6.45, 7) is 3.12. The Morgan fingerprint density at radius 1 is 1.43 bits per heavy atom. The summed E-state index contributed by atoms with van der Waals surface area (Å²) in [5, 5.41) is 3.27. The number of aromatic nitrogens is 2. The van der Waals surface area contributed by atoms with E-state index in [-0.39, 0.29) is 0 Å². The predicted octanol–water partition coefficient (Wildman–Crippen LogP) is 2.20. The quantitative estimate of drug-likeness (QED) is 0.732. The fraction of sp³-hybridized carbons (Fsp3) is 0.600. The Morgan fingerprint density at radius 2 is 2.29 bits per heavy atom. The van der Waals surface area contributed by atoms with Gasteiger partial charge in [0.1, 0.15) is 12.1 Å². The third-order valence-electron chi connectivity index (χ3n) is 1.84. The summed E-state index contributed by atoms with van der Waals surface area (Å²) in [6, 6.07) is 2.03. The summed E-state index contributed by atoms with van der Waals surface area (Å²) in [6.07, 6.45) is 5.89. The molecule has 0 aliphatic carbocycles. The minimum atomic E-state index is 0.942. The van der Waals surface area contributed by atoms with Crippen LogP contribution in [0.5, 0.6) is 0 Å². The minimum absolute atomic E-state index is 0.942. The predicted molar refractivity (Wildman–Crippen MR) is 62.9 cm³/mol. The van der Waals surface area contributed by atoms with Gasteiger partial charge in [0, 0.05) is 24.1 Å². The fourth-order valence-corrected chi connectivity index (χ4v) is 1.47. The van der Waals surface area contributed by atoms with Crippen LogP contribution in [-0.2, 0) is 6.42 Å². The second-order valence-electron chi connectivity index (χ2n) is 3.06. The van der Waals surface area contributed by atoms with Crippen molar-refractivity contribution in [3.05, 3.63) is 18.1 Å². The van der Waals surface area contributed by atoms with Crippen molar-refractivity contribution in [3.63, 3.8) is 0 Å². The molecule has 14 heavy (non-hydrogen) atoms. The molecular weight excluding hydrogens is 194 g/mol. The lowest BCUT2D eigenvalue weighted by molar-refractivity contribution is 0.872. The molecule has 1 N–H and O–H groups in total. The second-order valence-corrected chi connectivity index (χ2v) is 4.05. The van der Waals surface area contributed by atoms with E-state index in [0.29, 0.717) is 0 Å². The Bertz CT molecular complexity index is 265. The van der Waals surface area contributed by atoms with Gasteiger partial charge in [0.2, 0.25) is 0 Å². The van der Waals surface area contributed by atoms with Gasteiger partial charge in [0.25, 0.3) is 0 Å². The van der Waals surface area contributed by atoms with Crippen LogP contribution in [0, 0.1) is 0 Å². The molecule has 0 spiro atoms. The van der Waals surface area contributed by atoms with Crippen molar-refractivity contribution in [2.45, 2.75) is 19.8 Å². The summed E-state index contributed by atoms with van der Waals surface area (Å²) in [5.41, 5.74) is 1.12. The zero-order valence-electron chi connectivity index (χ0n) is 8.79. The van der Waals surface area contributed by atoms with E-state index in [9.17, 15) is 0 Å². The molecule has 0 saturated heterocycles. The van der Waals surface area contributed by atoms with Crippen LogP contribution in [0.25, 0.3) is 0 Å². The minimum Gasteiger partial charge on any atom is -0.369 e. The molecule has 0 amide bonds. The van der Waals surface area contributed by atoms with Gasteiger partial charge in [-0.2, -0.15) is 11.8 Å². The lowest BCUT2D eigenvalue weighted by atomic mass is 10.2. The number of nitrogens with zero attached hydrogens (tertiary/aromatic N) is 2. The van der Waals surface area contributed by atoms with E-state index in [1.165, 1.54) is 0 Å². The van der Waals surface area contributed by atoms with Gasteiger partial charge in [-0.05, 0) is 12.7 Å². The Balaban J connectivity index is 2.46. The molecule has 0 unspecified atom stereocenters. The number of hydrogen-bond donors (Lipinski definition) is 1. The summed E-state index contributed by atoms with van der Waals surface area (Å²) in [7, 11) is 0. The van der Waals surface area contributed by atoms with Crippen molar-refractivity contribution in [2.75, 3.05) is 23.9 Å². The first kappa shape index (κ1) is 11.3. The van der Waals surface area contributed by atoms with E-state index in [4.69, 9.17) is 0 Å². The van der Waals surface area contributed by atoms with Crippen molar-refractivity contribution >= 4 is 17.6 Å². The monoisotopic (exact) mass is 211 g/mol. The van der Waals surface area contributed by atoms with Crippen LogP contribution in [0.2, 0.25) is 0 Å². The molecule has 0 aliphatic rings. The Morgan fingerprint density at radius 3 is 3.00 bits per heavy atom. The van der Waals surface area contributed by atoms with Gasteiger partial charge < -0.3 is 5.32 Å². The molecular formula is C10H17N3S. The maximum atomic E-state index is 4.20. The highest BCUT2D eigenvalue weighted by atomic mass is 32.2. The first-order valence-electron chi connectivity index (χ1n) is 4.90. The number of rotatable bonds is 6. The van der Waals surface area contributed by atoms with Crippen molar-refractivity contribution in [1.29, 1.82) is 0 Å². The maximum Gasteiger partial charge on any atom is 0.129 e. The number of nitrogens with one attached hydrogen (secondary N) is 1. The van der Waals surface area contributed by atoms with Crippen molar-refractivity contribution in [2.24, 2.45) is 0 Å². The molecule has 3 nitrogen and oxygen atoms in total. The highest BCUT2D eigenvalue weighted by molar-refractivity contribution is 7.98. The lowest BCUT2D eigenvalue weighted by Gasteiger charge is -2.05. The van der Waals surface area contributed by atoms with E-state index >= 15 is 0 Å². The van der Waals surface area contributed by atoms with Crippen LogP contribution < -0.4 is 5.32 Å². The molecule has 0 fully saturated rings. The first-order valence-corrected chi connectivity index (χ1v) is 6.30. The lowest BCUT2D eigenvalue weighted by Crippen LogP contribution is -2.06. The standard InChI is InChI=1S/C10H17N3S/c1-3-4-9-7-10(13-8-12-9)11-5-6-14-2/h7-8H,3-6H2,1-2H3,(H,11,12,13). The largest absolute Gasteiger partial charge is 0.369 e. The maximum absolute atomic E-state index is 4.20. The van der Waals surface area contributed by atoms with Crippen LogP contribution in [-0.4, -0.2) is 28.5 Å². The van der Waals surface area contributed by atoms with Gasteiger partial charge in [-0.3, -0.25) is 0 Å². The van der Waals surface area contributed by atoms with Crippen LogP contribution in [0.1, 0.15) is 19.0 Å². The summed E-state index contributed by atoms with van der Waals surface area (Å²) >= 11 is 1.83. The van der Waals surface area contributed by atoms with Gasteiger partial charge >= 0.3 is 0 Å². The summed E-state index contributed by atoms with van der Waals surface area (Å²) in [4.78, 5) is 8.36. The Hall–Kier alpha value is -0.770. The SMILES string of the molecule is CCCc1cc(NCCSC)ncn1. The Kier molecular flexibility index (Phi) is 5.37. The molecule has 1 heterocycles. The number of thioether (sulfide) groups is 1. The third kappa shape index (κ3) is 3.96. The molecule has 1 rings (SSSR count). The molecule has 0 aliphatic heterocycles. The summed E-state index contributed by atoms with van der Waals surface area (Å²) < 4.78 is 0.